The van der Waals surface area contributed by atoms with Crippen molar-refractivity contribution >= 4 is 23.3 Å². The highest BCUT2D eigenvalue weighted by atomic mass is 16.5. The van der Waals surface area contributed by atoms with Gasteiger partial charge in [0.1, 0.15) is 5.75 Å². The Morgan fingerprint density at radius 1 is 0.864 bits per heavy atom. The van der Waals surface area contributed by atoms with Gasteiger partial charge in [-0.3, -0.25) is 0 Å². The number of anilines is 2. The third-order valence-electron chi connectivity index (χ3n) is 3.86. The number of fused-ring (bicyclic) bond motifs is 1. The van der Waals surface area contributed by atoms with Crippen LogP contribution in [0.4, 0.5) is 17.1 Å². The predicted octanol–water partition coefficient (Wildman–Crippen LogP) is 2.93. The highest BCUT2D eigenvalue weighted by Gasteiger charge is 2.19. The number of rotatable bonds is 3. The van der Waals surface area contributed by atoms with Crippen molar-refractivity contribution in [2.75, 3.05) is 44.7 Å². The number of hydrogen-bond donors (Lipinski definition) is 0. The van der Waals surface area contributed by atoms with Crippen molar-refractivity contribution in [2.24, 2.45) is 0 Å². The van der Waals surface area contributed by atoms with Crippen LogP contribution in [-0.2, 0) is 0 Å². The molecule has 22 heavy (non-hydrogen) atoms. The van der Waals surface area contributed by atoms with E-state index in [1.54, 1.807) is 0 Å². The number of nitrogens with zero attached hydrogens (tertiary/aromatic N) is 3. The van der Waals surface area contributed by atoms with Gasteiger partial charge < -0.3 is 14.5 Å². The molecule has 0 atom stereocenters. The summed E-state index contributed by atoms with van der Waals surface area (Å²) in [6.45, 7) is 0.537. The van der Waals surface area contributed by atoms with Gasteiger partial charge in [0.05, 0.1) is 5.56 Å². The zero-order chi connectivity index (χ0) is 15.7. The van der Waals surface area contributed by atoms with E-state index in [-0.39, 0.29) is 0 Å². The van der Waals surface area contributed by atoms with Crippen LogP contribution in [0.3, 0.4) is 0 Å². The Bertz CT molecular complexity index is 703. The SMILES string of the molecule is CN(C)c1ccc([N+]2=Cc3cc(N(C)C)ccc3OC2)cc1. The molecule has 4 nitrogen and oxygen atoms in total. The predicted molar refractivity (Wildman–Crippen MR) is 92.1 cm³/mol. The Hall–Kier alpha value is -2.49. The lowest BCUT2D eigenvalue weighted by atomic mass is 10.1. The van der Waals surface area contributed by atoms with Crippen molar-refractivity contribution in [1.29, 1.82) is 0 Å². The minimum absolute atomic E-state index is 0.537. The Kier molecular flexibility index (Phi) is 3.75. The molecule has 2 aromatic carbocycles. The van der Waals surface area contributed by atoms with E-state index >= 15 is 0 Å². The van der Waals surface area contributed by atoms with E-state index in [2.05, 4.69) is 57.0 Å². The zero-order valence-electron chi connectivity index (χ0n) is 13.6. The molecule has 1 heterocycles. The smallest absolute Gasteiger partial charge is 0.292 e. The van der Waals surface area contributed by atoms with Gasteiger partial charge in [-0.15, -0.1) is 0 Å². The lowest BCUT2D eigenvalue weighted by Gasteiger charge is -2.18. The van der Waals surface area contributed by atoms with Crippen molar-refractivity contribution in [3.63, 3.8) is 0 Å². The van der Waals surface area contributed by atoms with Crippen molar-refractivity contribution in [1.82, 2.24) is 0 Å². The fraction of sp³-hybridized carbons (Fsp3) is 0.278. The molecular weight excluding hydrogens is 274 g/mol. The molecule has 2 aromatic rings. The molecule has 0 saturated heterocycles. The van der Waals surface area contributed by atoms with Crippen molar-refractivity contribution < 1.29 is 9.31 Å². The minimum Gasteiger partial charge on any atom is -0.435 e. The van der Waals surface area contributed by atoms with E-state index in [1.807, 2.05) is 34.3 Å². The normalized spacial score (nSPS) is 13.0. The molecule has 0 fully saturated rings. The third-order valence-corrected chi connectivity index (χ3v) is 3.86. The molecule has 0 spiro atoms. The van der Waals surface area contributed by atoms with Gasteiger partial charge in [-0.2, -0.15) is 4.58 Å². The van der Waals surface area contributed by atoms with Gasteiger partial charge in [0.25, 0.3) is 6.73 Å². The summed E-state index contributed by atoms with van der Waals surface area (Å²) in [7, 11) is 8.18. The molecule has 1 aliphatic rings. The van der Waals surface area contributed by atoms with Crippen LogP contribution < -0.4 is 14.5 Å². The van der Waals surface area contributed by atoms with Crippen molar-refractivity contribution in [2.45, 2.75) is 0 Å². The molecule has 0 saturated carbocycles. The van der Waals surface area contributed by atoms with E-state index in [1.165, 1.54) is 11.4 Å². The van der Waals surface area contributed by atoms with Gasteiger partial charge in [0, 0.05) is 51.7 Å². The van der Waals surface area contributed by atoms with Crippen LogP contribution in [0, 0.1) is 0 Å². The molecular formula is C18H22N3O+. The van der Waals surface area contributed by atoms with E-state index in [4.69, 9.17) is 4.74 Å². The molecule has 0 N–H and O–H groups in total. The molecule has 0 radical (unpaired) electrons. The largest absolute Gasteiger partial charge is 0.435 e. The molecule has 3 rings (SSSR count). The topological polar surface area (TPSA) is 18.7 Å². The molecule has 0 amide bonds. The Morgan fingerprint density at radius 2 is 1.50 bits per heavy atom. The molecule has 4 heteroatoms. The molecule has 1 aliphatic heterocycles. The van der Waals surface area contributed by atoms with Gasteiger partial charge in [-0.1, -0.05) is 0 Å². The highest BCUT2D eigenvalue weighted by Crippen LogP contribution is 2.27. The Labute approximate surface area is 131 Å². The first kappa shape index (κ1) is 14.4. The first-order valence-electron chi connectivity index (χ1n) is 7.37. The first-order chi connectivity index (χ1) is 10.5. The fourth-order valence-electron chi connectivity index (χ4n) is 2.48. The first-order valence-corrected chi connectivity index (χ1v) is 7.37. The van der Waals surface area contributed by atoms with Gasteiger partial charge in [0.15, 0.2) is 6.21 Å². The summed E-state index contributed by atoms with van der Waals surface area (Å²) >= 11 is 0. The summed E-state index contributed by atoms with van der Waals surface area (Å²) in [4.78, 5) is 4.19. The number of ether oxygens (including phenoxy) is 1. The van der Waals surface area contributed by atoms with Crippen molar-refractivity contribution in [3.05, 3.63) is 48.0 Å². The number of hydrogen-bond acceptors (Lipinski definition) is 3. The number of benzene rings is 2. The van der Waals surface area contributed by atoms with Crippen molar-refractivity contribution in [3.8, 4) is 5.75 Å². The maximum absolute atomic E-state index is 5.87. The molecule has 0 aromatic heterocycles. The third kappa shape index (κ3) is 2.77. The van der Waals surface area contributed by atoms with Crippen LogP contribution in [0.5, 0.6) is 5.75 Å². The summed E-state index contributed by atoms with van der Waals surface area (Å²) in [5.74, 6) is 0.937. The fourth-order valence-corrected chi connectivity index (χ4v) is 2.48. The van der Waals surface area contributed by atoms with E-state index in [0.29, 0.717) is 6.73 Å². The summed E-state index contributed by atoms with van der Waals surface area (Å²) in [5, 5.41) is 0. The molecule has 114 valence electrons. The lowest BCUT2D eigenvalue weighted by molar-refractivity contribution is -0.476. The van der Waals surface area contributed by atoms with E-state index in [9.17, 15) is 0 Å². The summed E-state index contributed by atoms with van der Waals surface area (Å²) in [6.07, 6.45) is 2.15. The maximum atomic E-state index is 5.87. The summed E-state index contributed by atoms with van der Waals surface area (Å²) in [5.41, 5.74) is 4.60. The molecule has 0 unspecified atom stereocenters. The zero-order valence-corrected chi connectivity index (χ0v) is 13.6. The van der Waals surface area contributed by atoms with Crippen LogP contribution in [-0.4, -0.2) is 45.7 Å². The van der Waals surface area contributed by atoms with E-state index < -0.39 is 0 Å². The van der Waals surface area contributed by atoms with Crippen LogP contribution in [0.15, 0.2) is 42.5 Å². The quantitative estimate of drug-likeness (QED) is 0.812. The minimum atomic E-state index is 0.537. The lowest BCUT2D eigenvalue weighted by Crippen LogP contribution is -2.21. The second kappa shape index (κ2) is 5.72. The van der Waals surface area contributed by atoms with Gasteiger partial charge in [0.2, 0.25) is 5.69 Å². The second-order valence-electron chi connectivity index (χ2n) is 5.90. The molecule has 0 aliphatic carbocycles. The Balaban J connectivity index is 1.94. The standard InChI is InChI=1S/C18H22N3O/c1-19(2)15-5-7-16(8-6-15)21-12-14-11-17(20(3)4)9-10-18(14)22-13-21/h5-12H,13H2,1-4H3/q+1. The average molecular weight is 296 g/mol. The summed E-state index contributed by atoms with van der Waals surface area (Å²) in [6, 6.07) is 14.7. The van der Waals surface area contributed by atoms with Gasteiger partial charge in [-0.05, 0) is 30.3 Å². The Morgan fingerprint density at radius 3 is 2.14 bits per heavy atom. The average Bonchev–Trinajstić information content (AvgIpc) is 2.53. The van der Waals surface area contributed by atoms with Crippen LogP contribution in [0.25, 0.3) is 0 Å². The monoisotopic (exact) mass is 296 g/mol. The van der Waals surface area contributed by atoms with Gasteiger partial charge in [-0.25, -0.2) is 0 Å². The molecule has 0 bridgehead atoms. The van der Waals surface area contributed by atoms with E-state index in [0.717, 1.165) is 17.0 Å². The van der Waals surface area contributed by atoms with Crippen LogP contribution in [0.2, 0.25) is 0 Å². The second-order valence-corrected chi connectivity index (χ2v) is 5.90. The van der Waals surface area contributed by atoms with Crippen LogP contribution >= 0.6 is 0 Å². The summed E-state index contributed by atoms with van der Waals surface area (Å²) < 4.78 is 7.99. The van der Waals surface area contributed by atoms with Gasteiger partial charge >= 0.3 is 0 Å². The highest BCUT2D eigenvalue weighted by molar-refractivity contribution is 5.83. The maximum Gasteiger partial charge on any atom is 0.292 e. The van der Waals surface area contributed by atoms with Crippen LogP contribution in [0.1, 0.15) is 5.56 Å².